The summed E-state index contributed by atoms with van der Waals surface area (Å²) < 4.78 is 0. The molecule has 0 aromatic rings. The molecule has 42 valence electrons. The van der Waals surface area contributed by atoms with Gasteiger partial charge >= 0.3 is 0 Å². The fourth-order valence-electron chi connectivity index (χ4n) is 0.509. The Hall–Kier alpha value is -1.12. The predicted molar refractivity (Wildman–Crippen MR) is 26.9 cm³/mol. The molecule has 2 amide bonds. The normalized spacial score (nSPS) is 18.4. The first kappa shape index (κ1) is 5.03. The Bertz CT molecular complexity index is 181. The minimum absolute atomic E-state index is 0.282. The Morgan fingerprint density at radius 2 is 2.12 bits per heavy atom. The van der Waals surface area contributed by atoms with Gasteiger partial charge in [-0.25, -0.2) is 0 Å². The molecule has 3 heteroatoms. The Morgan fingerprint density at radius 3 is 2.25 bits per heavy atom. The first-order chi connectivity index (χ1) is 3.70. The molecule has 0 saturated heterocycles. The average Bonchev–Trinajstić information content (AvgIpc) is 1.85. The summed E-state index contributed by atoms with van der Waals surface area (Å²) in [6.45, 7) is 1.60. The number of hydrogen-bond donors (Lipinski definition) is 1. The lowest BCUT2D eigenvalue weighted by Crippen LogP contribution is -2.21. The molecule has 0 aromatic heterocycles. The van der Waals surface area contributed by atoms with Crippen molar-refractivity contribution in [1.82, 2.24) is 5.32 Å². The van der Waals surface area contributed by atoms with E-state index in [9.17, 15) is 9.59 Å². The summed E-state index contributed by atoms with van der Waals surface area (Å²) in [7, 11) is 0. The van der Waals surface area contributed by atoms with Crippen LogP contribution < -0.4 is 5.32 Å². The highest BCUT2D eigenvalue weighted by Gasteiger charge is 2.15. The summed E-state index contributed by atoms with van der Waals surface area (Å²) in [4.78, 5) is 20.6. The number of carbonyl (C=O) groups excluding carboxylic acids is 2. The lowest BCUT2D eigenvalue weighted by Gasteiger charge is -1.84. The number of carbonyl (C=O) groups is 2. The van der Waals surface area contributed by atoms with Gasteiger partial charge < -0.3 is 0 Å². The second-order valence-corrected chi connectivity index (χ2v) is 1.65. The van der Waals surface area contributed by atoms with E-state index < -0.39 is 0 Å². The molecule has 0 aromatic carbocycles. The third kappa shape index (κ3) is 0.621. The van der Waals surface area contributed by atoms with Crippen molar-refractivity contribution in [2.75, 3.05) is 0 Å². The van der Waals surface area contributed by atoms with Crippen LogP contribution in [0.3, 0.4) is 0 Å². The highest BCUT2D eigenvalue weighted by molar-refractivity contribution is 6.15. The van der Waals surface area contributed by atoms with Crippen LogP contribution in [0.15, 0.2) is 11.6 Å². The monoisotopic (exact) mass is 111 g/mol. The van der Waals surface area contributed by atoms with Crippen molar-refractivity contribution in [3.63, 3.8) is 0 Å². The molecule has 0 fully saturated rings. The van der Waals surface area contributed by atoms with E-state index in [4.69, 9.17) is 0 Å². The van der Waals surface area contributed by atoms with Crippen LogP contribution in [0.1, 0.15) is 6.92 Å². The molecule has 3 nitrogen and oxygen atoms in total. The fourth-order valence-corrected chi connectivity index (χ4v) is 0.509. The molecule has 8 heavy (non-hydrogen) atoms. The minimum Gasteiger partial charge on any atom is -0.289 e. The lowest BCUT2D eigenvalue weighted by molar-refractivity contribution is -0.123. The zero-order valence-corrected chi connectivity index (χ0v) is 4.39. The van der Waals surface area contributed by atoms with Crippen molar-refractivity contribution < 1.29 is 9.59 Å². The Kier molecular flexibility index (Phi) is 0.901. The maximum absolute atomic E-state index is 10.4. The average molecular weight is 111 g/mol. The molecule has 1 aliphatic rings. The van der Waals surface area contributed by atoms with Crippen LogP contribution in [0.5, 0.6) is 0 Å². The summed E-state index contributed by atoms with van der Waals surface area (Å²) in [5, 5.41) is 2.10. The minimum atomic E-state index is -0.312. The van der Waals surface area contributed by atoms with E-state index in [-0.39, 0.29) is 11.8 Å². The van der Waals surface area contributed by atoms with Crippen LogP contribution >= 0.6 is 0 Å². The van der Waals surface area contributed by atoms with Gasteiger partial charge in [0.05, 0.1) is 0 Å². The van der Waals surface area contributed by atoms with E-state index in [1.54, 1.807) is 6.92 Å². The van der Waals surface area contributed by atoms with Crippen molar-refractivity contribution in [3.05, 3.63) is 11.6 Å². The molecule has 1 N–H and O–H groups in total. The van der Waals surface area contributed by atoms with E-state index in [0.29, 0.717) is 5.57 Å². The fraction of sp³-hybridized carbons (Fsp3) is 0.200. The number of rotatable bonds is 0. The van der Waals surface area contributed by atoms with E-state index in [0.717, 1.165) is 0 Å². The first-order valence-electron chi connectivity index (χ1n) is 2.24. The molecule has 0 radical (unpaired) electrons. The third-order valence-electron chi connectivity index (χ3n) is 0.942. The smallest absolute Gasteiger partial charge is 0.253 e. The topological polar surface area (TPSA) is 46.2 Å². The van der Waals surface area contributed by atoms with Crippen LogP contribution in [-0.2, 0) is 9.59 Å². The molecule has 1 aliphatic heterocycles. The van der Waals surface area contributed by atoms with Gasteiger partial charge in [-0.2, -0.15) is 0 Å². The zero-order valence-electron chi connectivity index (χ0n) is 4.39. The van der Waals surface area contributed by atoms with Gasteiger partial charge in [0, 0.05) is 11.6 Å². The van der Waals surface area contributed by atoms with Gasteiger partial charge in [0.25, 0.3) is 11.8 Å². The molecule has 0 unspecified atom stereocenters. The van der Waals surface area contributed by atoms with E-state index >= 15 is 0 Å². The predicted octanol–water partition coefficient (Wildman–Crippen LogP) is -0.411. The van der Waals surface area contributed by atoms with Gasteiger partial charge in [0.15, 0.2) is 0 Å². The quantitative estimate of drug-likeness (QED) is 0.432. The maximum atomic E-state index is 10.4. The van der Waals surface area contributed by atoms with E-state index in [1.807, 2.05) is 0 Å². The van der Waals surface area contributed by atoms with Gasteiger partial charge in [-0.15, -0.1) is 0 Å². The molecule has 0 aliphatic carbocycles. The molecule has 1 rings (SSSR count). The van der Waals surface area contributed by atoms with Gasteiger partial charge in [-0.3, -0.25) is 14.9 Å². The second-order valence-electron chi connectivity index (χ2n) is 1.65. The van der Waals surface area contributed by atoms with Crippen molar-refractivity contribution >= 4 is 11.8 Å². The van der Waals surface area contributed by atoms with Gasteiger partial charge in [-0.05, 0) is 6.92 Å². The molecule has 0 atom stereocenters. The number of nitrogens with one attached hydrogen (secondary N) is 1. The molecule has 0 saturated carbocycles. The molecular formula is C5H5NO2. The Morgan fingerprint density at radius 1 is 1.50 bits per heavy atom. The zero-order chi connectivity index (χ0) is 6.15. The molecule has 0 spiro atoms. The van der Waals surface area contributed by atoms with Gasteiger partial charge in [0.2, 0.25) is 0 Å². The standard InChI is InChI=1S/C5H5NO2/c1-3-2-4(7)6-5(3)8/h2H,1H3,(H,6,7,8). The highest BCUT2D eigenvalue weighted by Crippen LogP contribution is 1.97. The van der Waals surface area contributed by atoms with E-state index in [1.165, 1.54) is 6.08 Å². The summed E-state index contributed by atoms with van der Waals surface area (Å²) in [5.41, 5.74) is 0.481. The number of hydrogen-bond acceptors (Lipinski definition) is 2. The number of imide groups is 1. The van der Waals surface area contributed by atoms with Crippen LogP contribution in [0.25, 0.3) is 0 Å². The lowest BCUT2D eigenvalue weighted by atomic mass is 10.3. The van der Waals surface area contributed by atoms with Crippen molar-refractivity contribution in [2.24, 2.45) is 0 Å². The third-order valence-corrected chi connectivity index (χ3v) is 0.942. The molecular weight excluding hydrogens is 106 g/mol. The van der Waals surface area contributed by atoms with Gasteiger partial charge in [-0.1, -0.05) is 0 Å². The summed E-state index contributed by atoms with van der Waals surface area (Å²) >= 11 is 0. The van der Waals surface area contributed by atoms with Crippen LogP contribution in [0.2, 0.25) is 0 Å². The van der Waals surface area contributed by atoms with Crippen molar-refractivity contribution in [3.8, 4) is 0 Å². The first-order valence-corrected chi connectivity index (χ1v) is 2.24. The highest BCUT2D eigenvalue weighted by atomic mass is 16.2. The Labute approximate surface area is 46.4 Å². The van der Waals surface area contributed by atoms with E-state index in [2.05, 4.69) is 5.32 Å². The maximum Gasteiger partial charge on any atom is 0.253 e. The van der Waals surface area contributed by atoms with Gasteiger partial charge in [0.1, 0.15) is 0 Å². The summed E-state index contributed by atoms with van der Waals surface area (Å²) in [6, 6.07) is 0. The molecule has 0 bridgehead atoms. The second kappa shape index (κ2) is 1.43. The van der Waals surface area contributed by atoms with Crippen LogP contribution in [-0.4, -0.2) is 11.8 Å². The number of amides is 2. The Balaban J connectivity index is 2.88. The largest absolute Gasteiger partial charge is 0.289 e. The van der Waals surface area contributed by atoms with Crippen LogP contribution in [0, 0.1) is 0 Å². The summed E-state index contributed by atoms with van der Waals surface area (Å²) in [5.74, 6) is -0.595. The molecule has 1 heterocycles. The van der Waals surface area contributed by atoms with Crippen molar-refractivity contribution in [1.29, 1.82) is 0 Å². The summed E-state index contributed by atoms with van der Waals surface area (Å²) in [6.07, 6.45) is 1.28. The van der Waals surface area contributed by atoms with Crippen molar-refractivity contribution in [2.45, 2.75) is 6.92 Å². The van der Waals surface area contributed by atoms with Crippen LogP contribution in [0.4, 0.5) is 0 Å². The SMILES string of the molecule is CC1=CC(=O)NC1=O.